The molecule has 26 heavy (non-hydrogen) atoms. The van der Waals surface area contributed by atoms with Crippen LogP contribution in [0.2, 0.25) is 0 Å². The fourth-order valence-electron chi connectivity index (χ4n) is 3.34. The van der Waals surface area contributed by atoms with Crippen molar-refractivity contribution in [1.29, 1.82) is 0 Å². The van der Waals surface area contributed by atoms with Crippen LogP contribution in [-0.4, -0.2) is 68.1 Å². The second kappa shape index (κ2) is 8.84. The highest BCUT2D eigenvalue weighted by atomic mass is 16.5. The highest BCUT2D eigenvalue weighted by Gasteiger charge is 2.48. The van der Waals surface area contributed by atoms with Crippen LogP contribution in [0.4, 0.5) is 0 Å². The van der Waals surface area contributed by atoms with Gasteiger partial charge < -0.3 is 24.2 Å². The normalized spacial score (nSPS) is 22.3. The first-order valence-electron chi connectivity index (χ1n) is 9.15. The van der Waals surface area contributed by atoms with Crippen molar-refractivity contribution in [3.05, 3.63) is 29.8 Å². The molecule has 1 atom stereocenters. The van der Waals surface area contributed by atoms with Crippen molar-refractivity contribution >= 4 is 5.91 Å². The number of para-hydroxylation sites is 1. The summed E-state index contributed by atoms with van der Waals surface area (Å²) < 4.78 is 16.2. The summed E-state index contributed by atoms with van der Waals surface area (Å²) in [4.78, 5) is 14.9. The number of carbonyl (C=O) groups is 1. The summed E-state index contributed by atoms with van der Waals surface area (Å²) in [5.74, 6) is 0.484. The molecule has 146 valence electrons. The SMILES string of the molecule is CCOCCOc1ccccc1C(=O)N1CC[C@@](O)(COC)C(C)(C)C1. The van der Waals surface area contributed by atoms with Gasteiger partial charge in [-0.15, -0.1) is 0 Å². The zero-order valence-corrected chi connectivity index (χ0v) is 16.3. The summed E-state index contributed by atoms with van der Waals surface area (Å²) in [5, 5.41) is 10.9. The van der Waals surface area contributed by atoms with E-state index in [0.29, 0.717) is 50.6 Å². The maximum Gasteiger partial charge on any atom is 0.257 e. The highest BCUT2D eigenvalue weighted by Crippen LogP contribution is 2.39. The number of benzene rings is 1. The van der Waals surface area contributed by atoms with Crippen molar-refractivity contribution < 1.29 is 24.1 Å². The van der Waals surface area contributed by atoms with Crippen LogP contribution in [0.1, 0.15) is 37.6 Å². The van der Waals surface area contributed by atoms with E-state index in [9.17, 15) is 9.90 Å². The van der Waals surface area contributed by atoms with Gasteiger partial charge in [0.05, 0.1) is 24.4 Å². The van der Waals surface area contributed by atoms with Crippen molar-refractivity contribution in [3.8, 4) is 5.75 Å². The van der Waals surface area contributed by atoms with Crippen molar-refractivity contribution in [2.24, 2.45) is 5.41 Å². The number of rotatable bonds is 8. The van der Waals surface area contributed by atoms with Gasteiger partial charge in [-0.05, 0) is 25.5 Å². The van der Waals surface area contributed by atoms with E-state index in [1.165, 1.54) is 0 Å². The Morgan fingerprint density at radius 1 is 1.27 bits per heavy atom. The first kappa shape index (κ1) is 20.7. The Hall–Kier alpha value is -1.63. The summed E-state index contributed by atoms with van der Waals surface area (Å²) in [6.45, 7) is 8.59. The van der Waals surface area contributed by atoms with Gasteiger partial charge in [-0.25, -0.2) is 0 Å². The average Bonchev–Trinajstić information content (AvgIpc) is 2.61. The van der Waals surface area contributed by atoms with Crippen LogP contribution in [0.3, 0.4) is 0 Å². The van der Waals surface area contributed by atoms with Gasteiger partial charge in [0.25, 0.3) is 5.91 Å². The number of carbonyl (C=O) groups excluding carboxylic acids is 1. The second-order valence-corrected chi connectivity index (χ2v) is 7.37. The van der Waals surface area contributed by atoms with E-state index >= 15 is 0 Å². The Kier molecular flexibility index (Phi) is 7.03. The number of aliphatic hydroxyl groups is 1. The molecular weight excluding hydrogens is 334 g/mol. The van der Waals surface area contributed by atoms with E-state index in [1.54, 1.807) is 24.1 Å². The molecule has 1 heterocycles. The number of methoxy groups -OCH3 is 1. The minimum atomic E-state index is -0.938. The third-order valence-electron chi connectivity index (χ3n) is 5.12. The Labute approximate surface area is 156 Å². The highest BCUT2D eigenvalue weighted by molar-refractivity contribution is 5.97. The van der Waals surface area contributed by atoms with Crippen LogP contribution in [0.5, 0.6) is 5.75 Å². The van der Waals surface area contributed by atoms with Crippen molar-refractivity contribution in [1.82, 2.24) is 4.90 Å². The molecule has 0 spiro atoms. The Bertz CT molecular complexity index is 604. The zero-order valence-electron chi connectivity index (χ0n) is 16.3. The van der Waals surface area contributed by atoms with Gasteiger partial charge in [0.1, 0.15) is 12.4 Å². The number of ether oxygens (including phenoxy) is 3. The van der Waals surface area contributed by atoms with Crippen LogP contribution in [0.15, 0.2) is 24.3 Å². The smallest absolute Gasteiger partial charge is 0.257 e. The fraction of sp³-hybridized carbons (Fsp3) is 0.650. The molecule has 1 aromatic rings. The summed E-state index contributed by atoms with van der Waals surface area (Å²) in [5.41, 5.74) is -0.870. The lowest BCUT2D eigenvalue weighted by Gasteiger charge is -2.50. The van der Waals surface area contributed by atoms with Gasteiger partial charge in [0.15, 0.2) is 0 Å². The van der Waals surface area contributed by atoms with E-state index in [2.05, 4.69) is 0 Å². The van der Waals surface area contributed by atoms with E-state index in [0.717, 1.165) is 0 Å². The summed E-state index contributed by atoms with van der Waals surface area (Å²) in [6.07, 6.45) is 0.479. The molecule has 2 rings (SSSR count). The zero-order chi connectivity index (χ0) is 19.2. The Balaban J connectivity index is 2.10. The summed E-state index contributed by atoms with van der Waals surface area (Å²) in [7, 11) is 1.58. The molecule has 0 bridgehead atoms. The number of hydrogen-bond donors (Lipinski definition) is 1. The number of likely N-dealkylation sites (tertiary alicyclic amines) is 1. The predicted molar refractivity (Wildman–Crippen MR) is 99.6 cm³/mol. The Morgan fingerprint density at radius 2 is 2.00 bits per heavy atom. The Morgan fingerprint density at radius 3 is 2.65 bits per heavy atom. The van der Waals surface area contributed by atoms with Crippen LogP contribution >= 0.6 is 0 Å². The molecule has 1 saturated heterocycles. The molecule has 1 amide bonds. The molecule has 6 nitrogen and oxygen atoms in total. The molecule has 6 heteroatoms. The van der Waals surface area contributed by atoms with Crippen molar-refractivity contribution in [2.45, 2.75) is 32.8 Å². The maximum absolute atomic E-state index is 13.1. The van der Waals surface area contributed by atoms with Crippen molar-refractivity contribution in [2.75, 3.05) is 46.6 Å². The molecule has 1 fully saturated rings. The number of amides is 1. The molecule has 1 N–H and O–H groups in total. The van der Waals surface area contributed by atoms with Crippen LogP contribution < -0.4 is 4.74 Å². The van der Waals surface area contributed by atoms with E-state index < -0.39 is 11.0 Å². The minimum Gasteiger partial charge on any atom is -0.490 e. The van der Waals surface area contributed by atoms with E-state index in [-0.39, 0.29) is 12.5 Å². The lowest BCUT2D eigenvalue weighted by molar-refractivity contribution is -0.144. The van der Waals surface area contributed by atoms with Crippen LogP contribution in [0.25, 0.3) is 0 Å². The van der Waals surface area contributed by atoms with E-state index in [1.807, 2.05) is 32.9 Å². The summed E-state index contributed by atoms with van der Waals surface area (Å²) in [6, 6.07) is 7.26. The molecule has 0 saturated carbocycles. The van der Waals surface area contributed by atoms with Gasteiger partial charge in [-0.3, -0.25) is 4.79 Å². The van der Waals surface area contributed by atoms with Gasteiger partial charge in [-0.2, -0.15) is 0 Å². The molecule has 1 aliphatic heterocycles. The van der Waals surface area contributed by atoms with Gasteiger partial charge in [0.2, 0.25) is 0 Å². The van der Waals surface area contributed by atoms with Crippen LogP contribution in [-0.2, 0) is 9.47 Å². The number of hydrogen-bond acceptors (Lipinski definition) is 5. The monoisotopic (exact) mass is 365 g/mol. The fourth-order valence-corrected chi connectivity index (χ4v) is 3.34. The quantitative estimate of drug-likeness (QED) is 0.716. The molecule has 0 aromatic heterocycles. The first-order chi connectivity index (χ1) is 12.3. The first-order valence-corrected chi connectivity index (χ1v) is 9.15. The van der Waals surface area contributed by atoms with Gasteiger partial charge in [0, 0.05) is 32.2 Å². The molecule has 0 unspecified atom stereocenters. The third kappa shape index (κ3) is 4.55. The maximum atomic E-state index is 13.1. The topological polar surface area (TPSA) is 68.2 Å². The van der Waals surface area contributed by atoms with Crippen LogP contribution in [0, 0.1) is 5.41 Å². The van der Waals surface area contributed by atoms with E-state index in [4.69, 9.17) is 14.2 Å². The third-order valence-corrected chi connectivity index (χ3v) is 5.12. The largest absolute Gasteiger partial charge is 0.490 e. The predicted octanol–water partition coefficient (Wildman–Crippen LogP) is 2.35. The number of piperidine rings is 1. The molecule has 0 aliphatic carbocycles. The molecule has 1 aliphatic rings. The van der Waals surface area contributed by atoms with Gasteiger partial charge in [-0.1, -0.05) is 26.0 Å². The molecule has 1 aromatic carbocycles. The van der Waals surface area contributed by atoms with Gasteiger partial charge >= 0.3 is 0 Å². The average molecular weight is 365 g/mol. The molecule has 0 radical (unpaired) electrons. The standard InChI is InChI=1S/C20H31NO5/c1-5-25-12-13-26-17-9-7-6-8-16(17)18(22)21-11-10-20(23,15-24-4)19(2,3)14-21/h6-9,23H,5,10-15H2,1-4H3/t20-/m1/s1. The molecular formula is C20H31NO5. The summed E-state index contributed by atoms with van der Waals surface area (Å²) >= 11 is 0. The lowest BCUT2D eigenvalue weighted by atomic mass is 9.70. The second-order valence-electron chi connectivity index (χ2n) is 7.37. The number of nitrogens with zero attached hydrogens (tertiary/aromatic N) is 1. The van der Waals surface area contributed by atoms with Crippen molar-refractivity contribution in [3.63, 3.8) is 0 Å². The minimum absolute atomic E-state index is 0.0791. The lowest BCUT2D eigenvalue weighted by Crippen LogP contribution is -2.60.